The zero-order valence-corrected chi connectivity index (χ0v) is 48.3. The second-order valence-corrected chi connectivity index (χ2v) is 19.5. The standard InChI is InChI=1S/C69H110O6/c1-4-7-10-13-15-17-19-21-23-25-27-29-30-31-32-33-34-35-36-37-38-40-41-43-45-47-49-51-53-56-59-62-68(71)74-65-66(64-73-67(70)61-58-55-12-9-6-3)75-69(72)63-60-57-54-52-50-48-46-44-42-39-28-26-24-22-20-18-16-14-11-8-5-2/h7-8,10-11,15-18,21-24,27-29,31-32,34-35,37-39,44,46,66H,4-6,9,12-14,19-20,25-26,30,33,36,40-43,45,47-65H2,1-3H3/b10-7-,11-8-,17-15-,18-16-,23-21-,24-22-,29-27-,32-31-,35-34-,38-37-,39-28-,46-44-. The van der Waals surface area contributed by atoms with Gasteiger partial charge in [-0.1, -0.05) is 256 Å². The molecular formula is C69H110O6. The number of hydrogen-bond acceptors (Lipinski definition) is 6. The summed E-state index contributed by atoms with van der Waals surface area (Å²) in [6.07, 6.45) is 88.9. The van der Waals surface area contributed by atoms with Gasteiger partial charge in [0, 0.05) is 19.3 Å². The van der Waals surface area contributed by atoms with Gasteiger partial charge in [-0.15, -0.1) is 0 Å². The van der Waals surface area contributed by atoms with Crippen LogP contribution in [0.2, 0.25) is 0 Å². The summed E-state index contributed by atoms with van der Waals surface area (Å²) >= 11 is 0. The van der Waals surface area contributed by atoms with Gasteiger partial charge in [0.05, 0.1) is 0 Å². The Morgan fingerprint density at radius 1 is 0.280 bits per heavy atom. The first-order valence-electron chi connectivity index (χ1n) is 30.3. The molecule has 75 heavy (non-hydrogen) atoms. The molecule has 0 heterocycles. The molecule has 0 saturated heterocycles. The van der Waals surface area contributed by atoms with Gasteiger partial charge in [-0.05, 0) is 122 Å². The molecule has 0 N–H and O–H groups in total. The lowest BCUT2D eigenvalue weighted by Crippen LogP contribution is -2.30. The Bertz CT molecular complexity index is 1660. The highest BCUT2D eigenvalue weighted by Crippen LogP contribution is 2.14. The summed E-state index contributed by atoms with van der Waals surface area (Å²) < 4.78 is 16.7. The maximum Gasteiger partial charge on any atom is 0.306 e. The molecule has 0 aliphatic heterocycles. The van der Waals surface area contributed by atoms with E-state index in [2.05, 4.69) is 167 Å². The molecule has 6 heteroatoms. The van der Waals surface area contributed by atoms with Crippen LogP contribution in [0.25, 0.3) is 0 Å². The van der Waals surface area contributed by atoms with Crippen molar-refractivity contribution in [3.05, 3.63) is 146 Å². The predicted octanol–water partition coefficient (Wildman–Crippen LogP) is 20.8. The van der Waals surface area contributed by atoms with E-state index in [4.69, 9.17) is 14.2 Å². The van der Waals surface area contributed by atoms with Crippen LogP contribution < -0.4 is 0 Å². The van der Waals surface area contributed by atoms with Crippen molar-refractivity contribution in [1.82, 2.24) is 0 Å². The molecule has 0 aromatic heterocycles. The van der Waals surface area contributed by atoms with Gasteiger partial charge in [-0.2, -0.15) is 0 Å². The molecule has 0 fully saturated rings. The summed E-state index contributed by atoms with van der Waals surface area (Å²) in [6.45, 7) is 6.30. The van der Waals surface area contributed by atoms with Gasteiger partial charge in [-0.25, -0.2) is 0 Å². The summed E-state index contributed by atoms with van der Waals surface area (Å²) in [5.41, 5.74) is 0. The maximum atomic E-state index is 12.8. The Hall–Kier alpha value is -4.71. The SMILES string of the molecule is CC/C=C\C/C=C\C/C=C\C/C=C\C/C=C\C/C=C\C/C=C\CCCCCCCCCCCC(=O)OCC(COC(=O)CCCCCCC)OC(=O)CCCCCCC/C=C\C/C=C\C/C=C\C/C=C\C/C=C\CC. The van der Waals surface area contributed by atoms with Crippen molar-refractivity contribution in [3.8, 4) is 0 Å². The second kappa shape index (κ2) is 61.8. The van der Waals surface area contributed by atoms with E-state index in [1.165, 1.54) is 38.5 Å². The van der Waals surface area contributed by atoms with Crippen LogP contribution in [0.3, 0.4) is 0 Å². The Kier molecular flexibility index (Phi) is 58.0. The average molecular weight is 1040 g/mol. The Morgan fingerprint density at radius 2 is 0.520 bits per heavy atom. The van der Waals surface area contributed by atoms with Crippen molar-refractivity contribution < 1.29 is 28.6 Å². The van der Waals surface area contributed by atoms with Crippen LogP contribution in [-0.4, -0.2) is 37.2 Å². The first kappa shape index (κ1) is 70.3. The summed E-state index contributed by atoms with van der Waals surface area (Å²) in [5, 5.41) is 0. The summed E-state index contributed by atoms with van der Waals surface area (Å²) in [4.78, 5) is 37.9. The minimum Gasteiger partial charge on any atom is -0.462 e. The minimum atomic E-state index is -0.793. The van der Waals surface area contributed by atoms with Gasteiger partial charge in [0.1, 0.15) is 13.2 Å². The van der Waals surface area contributed by atoms with E-state index in [-0.39, 0.29) is 31.1 Å². The summed E-state index contributed by atoms with van der Waals surface area (Å²) in [7, 11) is 0. The quantitative estimate of drug-likeness (QED) is 0.0261. The molecule has 0 aromatic carbocycles. The maximum absolute atomic E-state index is 12.8. The van der Waals surface area contributed by atoms with Gasteiger partial charge >= 0.3 is 17.9 Å². The monoisotopic (exact) mass is 1030 g/mol. The molecule has 6 nitrogen and oxygen atoms in total. The molecule has 0 spiro atoms. The molecule has 0 amide bonds. The molecule has 0 saturated carbocycles. The van der Waals surface area contributed by atoms with Crippen LogP contribution in [0, 0.1) is 0 Å². The number of hydrogen-bond donors (Lipinski definition) is 0. The molecule has 0 aliphatic rings. The lowest BCUT2D eigenvalue weighted by molar-refractivity contribution is -0.167. The van der Waals surface area contributed by atoms with Crippen LogP contribution >= 0.6 is 0 Å². The molecule has 0 radical (unpaired) electrons. The van der Waals surface area contributed by atoms with Gasteiger partial charge in [0.25, 0.3) is 0 Å². The van der Waals surface area contributed by atoms with Gasteiger partial charge in [0.15, 0.2) is 6.10 Å². The Balaban J connectivity index is 4.14. The predicted molar refractivity (Wildman–Crippen MR) is 325 cm³/mol. The van der Waals surface area contributed by atoms with E-state index in [9.17, 15) is 14.4 Å². The van der Waals surface area contributed by atoms with E-state index < -0.39 is 6.10 Å². The molecule has 422 valence electrons. The summed E-state index contributed by atoms with van der Waals surface area (Å²) in [5.74, 6) is -0.937. The van der Waals surface area contributed by atoms with Crippen LogP contribution in [0.1, 0.15) is 252 Å². The fourth-order valence-electron chi connectivity index (χ4n) is 7.86. The van der Waals surface area contributed by atoms with Gasteiger partial charge in [0.2, 0.25) is 0 Å². The van der Waals surface area contributed by atoms with E-state index >= 15 is 0 Å². The zero-order valence-electron chi connectivity index (χ0n) is 48.3. The Morgan fingerprint density at radius 3 is 0.813 bits per heavy atom. The van der Waals surface area contributed by atoms with Crippen molar-refractivity contribution in [2.75, 3.05) is 13.2 Å². The number of esters is 3. The lowest BCUT2D eigenvalue weighted by Gasteiger charge is -2.18. The molecule has 0 bridgehead atoms. The van der Waals surface area contributed by atoms with E-state index in [0.29, 0.717) is 19.3 Å². The first-order valence-corrected chi connectivity index (χ1v) is 30.3. The van der Waals surface area contributed by atoms with Crippen LogP contribution in [0.15, 0.2) is 146 Å². The van der Waals surface area contributed by atoms with Crippen molar-refractivity contribution in [3.63, 3.8) is 0 Å². The van der Waals surface area contributed by atoms with Crippen molar-refractivity contribution in [2.45, 2.75) is 258 Å². The van der Waals surface area contributed by atoms with E-state index in [1.54, 1.807) is 0 Å². The Labute approximate surface area is 461 Å². The van der Waals surface area contributed by atoms with Crippen LogP contribution in [0.5, 0.6) is 0 Å². The van der Waals surface area contributed by atoms with Crippen molar-refractivity contribution in [2.24, 2.45) is 0 Å². The fraction of sp³-hybridized carbons (Fsp3) is 0.609. The third kappa shape index (κ3) is 60.0. The summed E-state index contributed by atoms with van der Waals surface area (Å²) in [6, 6.07) is 0. The highest BCUT2D eigenvalue weighted by molar-refractivity contribution is 5.71. The van der Waals surface area contributed by atoms with Crippen molar-refractivity contribution in [1.29, 1.82) is 0 Å². The lowest BCUT2D eigenvalue weighted by atomic mass is 10.1. The number of rotatable bonds is 53. The third-order valence-electron chi connectivity index (χ3n) is 12.3. The average Bonchev–Trinajstić information content (AvgIpc) is 3.41. The molecule has 0 aromatic rings. The molecule has 0 aliphatic carbocycles. The first-order chi connectivity index (χ1) is 37.0. The second-order valence-electron chi connectivity index (χ2n) is 19.5. The normalized spacial score (nSPS) is 13.2. The topological polar surface area (TPSA) is 78.9 Å². The highest BCUT2D eigenvalue weighted by atomic mass is 16.6. The van der Waals surface area contributed by atoms with E-state index in [1.807, 2.05) is 0 Å². The number of unbranched alkanes of at least 4 members (excludes halogenated alkanes) is 18. The number of carbonyl (C=O) groups excluding carboxylic acids is 3. The van der Waals surface area contributed by atoms with Gasteiger partial charge in [-0.3, -0.25) is 14.4 Å². The molecule has 1 atom stereocenters. The number of carbonyl (C=O) groups is 3. The number of ether oxygens (including phenoxy) is 3. The smallest absolute Gasteiger partial charge is 0.306 e. The van der Waals surface area contributed by atoms with Gasteiger partial charge < -0.3 is 14.2 Å². The zero-order chi connectivity index (χ0) is 54.3. The van der Waals surface area contributed by atoms with E-state index in [0.717, 1.165) is 173 Å². The third-order valence-corrected chi connectivity index (χ3v) is 12.3. The highest BCUT2D eigenvalue weighted by Gasteiger charge is 2.19. The largest absolute Gasteiger partial charge is 0.462 e. The van der Waals surface area contributed by atoms with Crippen LogP contribution in [0.4, 0.5) is 0 Å². The minimum absolute atomic E-state index is 0.0929. The van der Waals surface area contributed by atoms with Crippen LogP contribution in [-0.2, 0) is 28.6 Å². The fourth-order valence-corrected chi connectivity index (χ4v) is 7.86. The molecular weight excluding hydrogens is 925 g/mol. The molecule has 0 rings (SSSR count). The molecule has 1 unspecified atom stereocenters. The number of allylic oxidation sites excluding steroid dienone is 24. The van der Waals surface area contributed by atoms with Crippen molar-refractivity contribution >= 4 is 17.9 Å².